The fourth-order valence-corrected chi connectivity index (χ4v) is 2.60. The van der Waals surface area contributed by atoms with Crippen molar-refractivity contribution < 1.29 is 4.74 Å². The van der Waals surface area contributed by atoms with Gasteiger partial charge in [-0.3, -0.25) is 4.90 Å². The van der Waals surface area contributed by atoms with Gasteiger partial charge in [-0.25, -0.2) is 0 Å². The number of likely N-dealkylation sites (tertiary alicyclic amines) is 1. The Morgan fingerprint density at radius 1 is 1.37 bits per heavy atom. The molecule has 1 aliphatic heterocycles. The first-order valence-electron chi connectivity index (χ1n) is 7.16. The quantitative estimate of drug-likeness (QED) is 0.832. The van der Waals surface area contributed by atoms with Crippen LogP contribution in [0.2, 0.25) is 0 Å². The van der Waals surface area contributed by atoms with Crippen LogP contribution < -0.4 is 4.74 Å². The average molecular weight is 258 g/mol. The van der Waals surface area contributed by atoms with Gasteiger partial charge in [-0.2, -0.15) is 5.26 Å². The number of ether oxygens (including phenoxy) is 1. The minimum absolute atomic E-state index is 0.653. The number of nitriles is 1. The van der Waals surface area contributed by atoms with Crippen LogP contribution in [0.25, 0.3) is 0 Å². The van der Waals surface area contributed by atoms with Gasteiger partial charge in [0, 0.05) is 12.6 Å². The van der Waals surface area contributed by atoms with Crippen LogP contribution in [0.15, 0.2) is 24.3 Å². The highest BCUT2D eigenvalue weighted by Crippen LogP contribution is 2.16. The maximum Gasteiger partial charge on any atom is 0.120 e. The van der Waals surface area contributed by atoms with Crippen LogP contribution in [0, 0.1) is 11.3 Å². The SMILES string of the molecule is CC1CCCCCN1CCOc1cccc(C#N)c1. The van der Waals surface area contributed by atoms with Gasteiger partial charge in [0.2, 0.25) is 0 Å². The van der Waals surface area contributed by atoms with Crippen molar-refractivity contribution in [2.45, 2.75) is 38.6 Å². The van der Waals surface area contributed by atoms with Gasteiger partial charge < -0.3 is 4.74 Å². The standard InChI is InChI=1S/C16H22N2O/c1-14-6-3-2-4-9-18(14)10-11-19-16-8-5-7-15(12-16)13-17/h5,7-8,12,14H,2-4,6,9-11H2,1H3. The Hall–Kier alpha value is -1.53. The molecule has 3 heteroatoms. The first-order valence-corrected chi connectivity index (χ1v) is 7.16. The summed E-state index contributed by atoms with van der Waals surface area (Å²) < 4.78 is 5.75. The molecule has 1 aromatic rings. The second-order valence-corrected chi connectivity index (χ2v) is 5.22. The molecule has 1 heterocycles. The monoisotopic (exact) mass is 258 g/mol. The van der Waals surface area contributed by atoms with Gasteiger partial charge in [-0.1, -0.05) is 18.9 Å². The summed E-state index contributed by atoms with van der Waals surface area (Å²) in [5, 5.41) is 8.84. The van der Waals surface area contributed by atoms with Crippen LogP contribution in [-0.2, 0) is 0 Å². The van der Waals surface area contributed by atoms with Gasteiger partial charge in [-0.05, 0) is 44.5 Å². The van der Waals surface area contributed by atoms with Crippen molar-refractivity contribution >= 4 is 0 Å². The number of hydrogen-bond donors (Lipinski definition) is 0. The van der Waals surface area contributed by atoms with Crippen molar-refractivity contribution in [2.24, 2.45) is 0 Å². The van der Waals surface area contributed by atoms with Crippen molar-refractivity contribution in [1.82, 2.24) is 4.90 Å². The Kier molecular flexibility index (Phi) is 5.23. The fraction of sp³-hybridized carbons (Fsp3) is 0.562. The van der Waals surface area contributed by atoms with Crippen LogP contribution in [0.3, 0.4) is 0 Å². The lowest BCUT2D eigenvalue weighted by Crippen LogP contribution is -2.35. The zero-order chi connectivity index (χ0) is 13.5. The molecule has 0 saturated carbocycles. The van der Waals surface area contributed by atoms with E-state index in [9.17, 15) is 0 Å². The van der Waals surface area contributed by atoms with Crippen molar-refractivity contribution in [3.05, 3.63) is 29.8 Å². The Bertz CT molecular complexity index is 439. The Morgan fingerprint density at radius 3 is 3.11 bits per heavy atom. The van der Waals surface area contributed by atoms with Gasteiger partial charge in [0.05, 0.1) is 11.6 Å². The van der Waals surface area contributed by atoms with Crippen LogP contribution >= 0.6 is 0 Å². The Morgan fingerprint density at radius 2 is 2.26 bits per heavy atom. The molecule has 2 rings (SSSR count). The molecule has 0 aliphatic carbocycles. The molecular weight excluding hydrogens is 236 g/mol. The van der Waals surface area contributed by atoms with E-state index >= 15 is 0 Å². The smallest absolute Gasteiger partial charge is 0.120 e. The van der Waals surface area contributed by atoms with Crippen molar-refractivity contribution in [2.75, 3.05) is 19.7 Å². The molecule has 0 N–H and O–H groups in total. The predicted molar refractivity (Wildman–Crippen MR) is 76.2 cm³/mol. The molecule has 0 spiro atoms. The molecule has 0 bridgehead atoms. The van der Waals surface area contributed by atoms with E-state index < -0.39 is 0 Å². The largest absolute Gasteiger partial charge is 0.492 e. The third kappa shape index (κ3) is 4.25. The van der Waals surface area contributed by atoms with Gasteiger partial charge in [-0.15, -0.1) is 0 Å². The summed E-state index contributed by atoms with van der Waals surface area (Å²) >= 11 is 0. The predicted octanol–water partition coefficient (Wildman–Crippen LogP) is 3.20. The molecule has 1 fully saturated rings. The van der Waals surface area contributed by atoms with E-state index in [1.54, 1.807) is 12.1 Å². The molecule has 1 aromatic carbocycles. The summed E-state index contributed by atoms with van der Waals surface area (Å²) in [6.45, 7) is 5.15. The third-order valence-corrected chi connectivity index (χ3v) is 3.80. The summed E-state index contributed by atoms with van der Waals surface area (Å²) in [6.07, 6.45) is 5.30. The van der Waals surface area contributed by atoms with E-state index in [1.807, 2.05) is 12.1 Å². The van der Waals surface area contributed by atoms with E-state index in [4.69, 9.17) is 10.00 Å². The lowest BCUT2D eigenvalue weighted by atomic mass is 10.1. The number of benzene rings is 1. The van der Waals surface area contributed by atoms with E-state index in [0.29, 0.717) is 18.2 Å². The molecular formula is C16H22N2O. The molecule has 102 valence electrons. The first-order chi connectivity index (χ1) is 9.29. The zero-order valence-electron chi connectivity index (χ0n) is 11.6. The highest BCUT2D eigenvalue weighted by Gasteiger charge is 2.16. The van der Waals surface area contributed by atoms with Crippen molar-refractivity contribution in [3.8, 4) is 11.8 Å². The molecule has 0 radical (unpaired) electrons. The minimum Gasteiger partial charge on any atom is -0.492 e. The molecule has 19 heavy (non-hydrogen) atoms. The Labute approximate surface area is 115 Å². The summed E-state index contributed by atoms with van der Waals surface area (Å²) in [5.74, 6) is 0.793. The second kappa shape index (κ2) is 7.16. The van der Waals surface area contributed by atoms with Gasteiger partial charge in [0.25, 0.3) is 0 Å². The maximum atomic E-state index is 8.84. The number of nitrogens with zero attached hydrogens (tertiary/aromatic N) is 2. The maximum absolute atomic E-state index is 8.84. The van der Waals surface area contributed by atoms with Crippen LogP contribution in [-0.4, -0.2) is 30.6 Å². The summed E-state index contributed by atoms with van der Waals surface area (Å²) in [4.78, 5) is 2.52. The van der Waals surface area contributed by atoms with Crippen LogP contribution in [0.5, 0.6) is 5.75 Å². The van der Waals surface area contributed by atoms with Gasteiger partial charge in [0.1, 0.15) is 12.4 Å². The highest BCUT2D eigenvalue weighted by atomic mass is 16.5. The molecule has 1 aliphatic rings. The highest BCUT2D eigenvalue weighted by molar-refractivity contribution is 5.36. The average Bonchev–Trinajstić information content (AvgIpc) is 2.64. The lowest BCUT2D eigenvalue weighted by molar-refractivity contribution is 0.171. The van der Waals surface area contributed by atoms with Gasteiger partial charge in [0.15, 0.2) is 0 Å². The van der Waals surface area contributed by atoms with Crippen molar-refractivity contribution in [3.63, 3.8) is 0 Å². The normalized spacial score (nSPS) is 20.5. The molecule has 3 nitrogen and oxygen atoms in total. The summed E-state index contributed by atoms with van der Waals surface area (Å²) in [6, 6.07) is 10.2. The van der Waals surface area contributed by atoms with E-state index in [1.165, 1.54) is 32.2 Å². The summed E-state index contributed by atoms with van der Waals surface area (Å²) in [7, 11) is 0. The van der Waals surface area contributed by atoms with E-state index in [2.05, 4.69) is 17.9 Å². The van der Waals surface area contributed by atoms with Crippen LogP contribution in [0.1, 0.15) is 38.2 Å². The lowest BCUT2D eigenvalue weighted by Gasteiger charge is -2.26. The van der Waals surface area contributed by atoms with Gasteiger partial charge >= 0.3 is 0 Å². The zero-order valence-corrected chi connectivity index (χ0v) is 11.6. The van der Waals surface area contributed by atoms with Crippen molar-refractivity contribution in [1.29, 1.82) is 5.26 Å². The molecule has 1 atom stereocenters. The fourth-order valence-electron chi connectivity index (χ4n) is 2.60. The van der Waals surface area contributed by atoms with E-state index in [-0.39, 0.29) is 0 Å². The first kappa shape index (κ1) is 13.9. The topological polar surface area (TPSA) is 36.3 Å². The molecule has 1 unspecified atom stereocenters. The summed E-state index contributed by atoms with van der Waals surface area (Å²) in [5.41, 5.74) is 0.653. The molecule has 1 saturated heterocycles. The van der Waals surface area contributed by atoms with Crippen LogP contribution in [0.4, 0.5) is 0 Å². The number of rotatable bonds is 4. The number of hydrogen-bond acceptors (Lipinski definition) is 3. The van der Waals surface area contributed by atoms with E-state index in [0.717, 1.165) is 12.3 Å². The second-order valence-electron chi connectivity index (χ2n) is 5.22. The minimum atomic E-state index is 0.653. The third-order valence-electron chi connectivity index (χ3n) is 3.80. The molecule has 0 aromatic heterocycles. The Balaban J connectivity index is 1.80. The molecule has 0 amide bonds.